The molecule has 0 bridgehead atoms. The number of benzene rings is 1. The van der Waals surface area contributed by atoms with E-state index >= 15 is 0 Å². The molecule has 1 saturated carbocycles. The first-order valence-electron chi connectivity index (χ1n) is 8.58. The number of hydrogen-bond donors (Lipinski definition) is 1. The van der Waals surface area contributed by atoms with Crippen molar-refractivity contribution in [2.45, 2.75) is 31.7 Å². The quantitative estimate of drug-likeness (QED) is 0.901. The van der Waals surface area contributed by atoms with Crippen molar-refractivity contribution in [3.63, 3.8) is 0 Å². The summed E-state index contributed by atoms with van der Waals surface area (Å²) in [5.41, 5.74) is 1.60. The number of nitrogens with one attached hydrogen (secondary N) is 1. The van der Waals surface area contributed by atoms with Crippen molar-refractivity contribution in [2.75, 3.05) is 20.6 Å². The van der Waals surface area contributed by atoms with Gasteiger partial charge in [0, 0.05) is 23.5 Å². The number of amides is 1. The number of rotatable bonds is 5. The van der Waals surface area contributed by atoms with Crippen molar-refractivity contribution in [3.05, 3.63) is 41.4 Å². The molecule has 1 fully saturated rings. The largest absolute Gasteiger partial charge is 0.348 e. The van der Waals surface area contributed by atoms with Crippen LogP contribution in [0.3, 0.4) is 0 Å². The Morgan fingerprint density at radius 1 is 1.21 bits per heavy atom. The lowest BCUT2D eigenvalue weighted by Gasteiger charge is -2.30. The zero-order chi connectivity index (χ0) is 16.9. The van der Waals surface area contributed by atoms with E-state index in [0.29, 0.717) is 5.69 Å². The third kappa shape index (κ3) is 4.42. The van der Waals surface area contributed by atoms with Crippen LogP contribution in [0.1, 0.15) is 36.2 Å². The SMILES string of the molecule is CN(C)CC1CCC(NC(=O)c2csc(-c3ccccc3)n2)CC1. The number of carbonyl (C=O) groups excluding carboxylic acids is 1. The summed E-state index contributed by atoms with van der Waals surface area (Å²) in [6.07, 6.45) is 4.52. The molecule has 24 heavy (non-hydrogen) atoms. The predicted octanol–water partition coefficient (Wildman–Crippen LogP) is 3.66. The highest BCUT2D eigenvalue weighted by atomic mass is 32.1. The summed E-state index contributed by atoms with van der Waals surface area (Å²) in [6, 6.07) is 10.3. The lowest BCUT2D eigenvalue weighted by atomic mass is 9.85. The van der Waals surface area contributed by atoms with Crippen LogP contribution in [0.2, 0.25) is 0 Å². The van der Waals surface area contributed by atoms with E-state index in [0.717, 1.165) is 35.9 Å². The van der Waals surface area contributed by atoms with Crippen LogP contribution in [0.15, 0.2) is 35.7 Å². The van der Waals surface area contributed by atoms with E-state index in [1.54, 1.807) is 0 Å². The van der Waals surface area contributed by atoms with Gasteiger partial charge in [-0.15, -0.1) is 11.3 Å². The van der Waals surface area contributed by atoms with Crippen molar-refractivity contribution in [3.8, 4) is 10.6 Å². The molecule has 0 atom stereocenters. The minimum Gasteiger partial charge on any atom is -0.348 e. The fourth-order valence-corrected chi connectivity index (χ4v) is 4.16. The molecular formula is C19H25N3OS. The summed E-state index contributed by atoms with van der Waals surface area (Å²) in [5.74, 6) is 0.724. The van der Waals surface area contributed by atoms with Gasteiger partial charge in [0.25, 0.3) is 5.91 Å². The second kappa shape index (κ2) is 7.90. The highest BCUT2D eigenvalue weighted by Crippen LogP contribution is 2.26. The summed E-state index contributed by atoms with van der Waals surface area (Å²) in [6.45, 7) is 1.15. The van der Waals surface area contributed by atoms with Crippen LogP contribution in [0.25, 0.3) is 10.6 Å². The molecule has 4 nitrogen and oxygen atoms in total. The normalized spacial score (nSPS) is 21.0. The maximum Gasteiger partial charge on any atom is 0.270 e. The van der Waals surface area contributed by atoms with Gasteiger partial charge >= 0.3 is 0 Å². The molecule has 0 unspecified atom stereocenters. The monoisotopic (exact) mass is 343 g/mol. The van der Waals surface area contributed by atoms with Gasteiger partial charge in [-0.2, -0.15) is 0 Å². The number of nitrogens with zero attached hydrogens (tertiary/aromatic N) is 2. The average Bonchev–Trinajstić information content (AvgIpc) is 3.07. The number of thiazole rings is 1. The Kier molecular flexibility index (Phi) is 5.63. The van der Waals surface area contributed by atoms with Gasteiger partial charge in [-0.1, -0.05) is 30.3 Å². The molecule has 3 rings (SSSR count). The van der Waals surface area contributed by atoms with Gasteiger partial charge in [-0.05, 0) is 45.7 Å². The Labute approximate surface area is 147 Å². The number of carbonyl (C=O) groups is 1. The summed E-state index contributed by atoms with van der Waals surface area (Å²) in [7, 11) is 4.25. The van der Waals surface area contributed by atoms with Gasteiger partial charge in [-0.3, -0.25) is 4.79 Å². The lowest BCUT2D eigenvalue weighted by Crippen LogP contribution is -2.39. The van der Waals surface area contributed by atoms with Crippen molar-refractivity contribution >= 4 is 17.2 Å². The minimum absolute atomic E-state index is 0.0375. The Bertz CT molecular complexity index is 660. The van der Waals surface area contributed by atoms with Gasteiger partial charge in [-0.25, -0.2) is 4.98 Å². The predicted molar refractivity (Wildman–Crippen MR) is 99.3 cm³/mol. The molecule has 1 aliphatic carbocycles. The Balaban J connectivity index is 1.54. The van der Waals surface area contributed by atoms with E-state index < -0.39 is 0 Å². The molecule has 1 aromatic carbocycles. The van der Waals surface area contributed by atoms with Gasteiger partial charge < -0.3 is 10.2 Å². The van der Waals surface area contributed by atoms with Crippen LogP contribution in [0, 0.1) is 5.92 Å². The maximum absolute atomic E-state index is 12.4. The third-order valence-electron chi connectivity index (χ3n) is 4.56. The highest BCUT2D eigenvalue weighted by Gasteiger charge is 2.23. The zero-order valence-electron chi connectivity index (χ0n) is 14.4. The first-order chi connectivity index (χ1) is 11.6. The smallest absolute Gasteiger partial charge is 0.270 e. The van der Waals surface area contributed by atoms with Crippen LogP contribution < -0.4 is 5.32 Å². The molecule has 5 heteroatoms. The van der Waals surface area contributed by atoms with Gasteiger partial charge in [0.15, 0.2) is 0 Å². The van der Waals surface area contributed by atoms with Crippen molar-refractivity contribution in [1.82, 2.24) is 15.2 Å². The highest BCUT2D eigenvalue weighted by molar-refractivity contribution is 7.13. The molecule has 2 aromatic rings. The molecule has 1 aliphatic rings. The van der Waals surface area contributed by atoms with Crippen LogP contribution >= 0.6 is 11.3 Å². The van der Waals surface area contributed by atoms with E-state index in [2.05, 4.69) is 29.3 Å². The first-order valence-corrected chi connectivity index (χ1v) is 9.46. The van der Waals surface area contributed by atoms with Gasteiger partial charge in [0.1, 0.15) is 10.7 Å². The molecule has 1 amide bonds. The molecule has 0 saturated heterocycles. The van der Waals surface area contributed by atoms with E-state index in [4.69, 9.17) is 0 Å². The summed E-state index contributed by atoms with van der Waals surface area (Å²) in [4.78, 5) is 19.2. The van der Waals surface area contributed by atoms with E-state index in [1.165, 1.54) is 24.2 Å². The maximum atomic E-state index is 12.4. The molecule has 128 valence electrons. The second-order valence-corrected chi connectivity index (χ2v) is 7.72. The molecule has 0 radical (unpaired) electrons. The summed E-state index contributed by atoms with van der Waals surface area (Å²) in [5, 5.41) is 5.92. The van der Waals surface area contributed by atoms with Crippen LogP contribution in [0.4, 0.5) is 0 Å². The van der Waals surface area contributed by atoms with E-state index in [1.807, 2.05) is 35.7 Å². The topological polar surface area (TPSA) is 45.2 Å². The molecule has 1 aromatic heterocycles. The summed E-state index contributed by atoms with van der Waals surface area (Å²) < 4.78 is 0. The van der Waals surface area contributed by atoms with Crippen LogP contribution in [-0.2, 0) is 0 Å². The zero-order valence-corrected chi connectivity index (χ0v) is 15.2. The Hall–Kier alpha value is -1.72. The van der Waals surface area contributed by atoms with Crippen molar-refractivity contribution < 1.29 is 4.79 Å². The lowest BCUT2D eigenvalue weighted by molar-refractivity contribution is 0.0915. The number of hydrogen-bond acceptors (Lipinski definition) is 4. The Morgan fingerprint density at radius 2 is 1.92 bits per heavy atom. The van der Waals surface area contributed by atoms with Gasteiger partial charge in [0.05, 0.1) is 0 Å². The standard InChI is InChI=1S/C19H25N3OS/c1-22(2)12-14-8-10-16(11-9-14)20-18(23)17-13-24-19(21-17)15-6-4-3-5-7-15/h3-7,13-14,16H,8-12H2,1-2H3,(H,20,23). The third-order valence-corrected chi connectivity index (χ3v) is 5.45. The molecule has 0 aliphatic heterocycles. The van der Waals surface area contributed by atoms with E-state index in [-0.39, 0.29) is 11.9 Å². The molecule has 1 heterocycles. The molecule has 0 spiro atoms. The molecule has 1 N–H and O–H groups in total. The second-order valence-electron chi connectivity index (χ2n) is 6.86. The fraction of sp³-hybridized carbons (Fsp3) is 0.474. The van der Waals surface area contributed by atoms with Crippen molar-refractivity contribution in [1.29, 1.82) is 0 Å². The Morgan fingerprint density at radius 3 is 2.58 bits per heavy atom. The minimum atomic E-state index is -0.0375. The van der Waals surface area contributed by atoms with Gasteiger partial charge in [0.2, 0.25) is 0 Å². The van der Waals surface area contributed by atoms with Crippen molar-refractivity contribution in [2.24, 2.45) is 5.92 Å². The number of aromatic nitrogens is 1. The average molecular weight is 343 g/mol. The first kappa shape index (κ1) is 17.1. The van der Waals surface area contributed by atoms with Crippen LogP contribution in [-0.4, -0.2) is 42.5 Å². The van der Waals surface area contributed by atoms with Crippen LogP contribution in [0.5, 0.6) is 0 Å². The summed E-state index contributed by atoms with van der Waals surface area (Å²) >= 11 is 1.52. The fourth-order valence-electron chi connectivity index (χ4n) is 3.36. The van der Waals surface area contributed by atoms with E-state index in [9.17, 15) is 4.79 Å². The molecular weight excluding hydrogens is 318 g/mol.